The van der Waals surface area contributed by atoms with Gasteiger partial charge in [0, 0.05) is 6.54 Å². The number of esters is 1. The van der Waals surface area contributed by atoms with E-state index in [4.69, 9.17) is 15.2 Å². The maximum Gasteiger partial charge on any atom is 0.347 e. The zero-order valence-electron chi connectivity index (χ0n) is 11.4. The first-order valence-electron chi connectivity index (χ1n) is 6.00. The fourth-order valence-electron chi connectivity index (χ4n) is 1.34. The number of hydrogen-bond donors (Lipinski definition) is 1. The van der Waals surface area contributed by atoms with Crippen molar-refractivity contribution in [2.45, 2.75) is 45.9 Å². The van der Waals surface area contributed by atoms with Gasteiger partial charge in [-0.05, 0) is 45.4 Å². The molecule has 0 aromatic heterocycles. The monoisotopic (exact) mass is 251 g/mol. The highest BCUT2D eigenvalue weighted by molar-refractivity contribution is 5.75. The summed E-state index contributed by atoms with van der Waals surface area (Å²) >= 11 is 0. The van der Waals surface area contributed by atoms with Gasteiger partial charge in [-0.1, -0.05) is 12.1 Å². The molecule has 0 radical (unpaired) electrons. The molecule has 0 bridgehead atoms. The van der Waals surface area contributed by atoms with Gasteiger partial charge in [-0.2, -0.15) is 0 Å². The maximum absolute atomic E-state index is 11.7. The second kappa shape index (κ2) is 5.87. The molecule has 1 atom stereocenters. The predicted molar refractivity (Wildman–Crippen MR) is 70.3 cm³/mol. The van der Waals surface area contributed by atoms with Gasteiger partial charge in [-0.25, -0.2) is 4.79 Å². The number of rotatable bonds is 4. The molecular weight excluding hydrogens is 230 g/mol. The van der Waals surface area contributed by atoms with Crippen LogP contribution in [-0.2, 0) is 16.1 Å². The molecule has 100 valence electrons. The Hall–Kier alpha value is -1.55. The highest BCUT2D eigenvalue weighted by Gasteiger charge is 2.22. The Bertz CT molecular complexity index is 392. The van der Waals surface area contributed by atoms with Gasteiger partial charge in [-0.3, -0.25) is 0 Å². The minimum absolute atomic E-state index is 0.370. The van der Waals surface area contributed by atoms with E-state index in [1.165, 1.54) is 0 Å². The quantitative estimate of drug-likeness (QED) is 0.834. The summed E-state index contributed by atoms with van der Waals surface area (Å²) in [4.78, 5) is 11.7. The largest absolute Gasteiger partial charge is 0.479 e. The van der Waals surface area contributed by atoms with Crippen LogP contribution in [-0.4, -0.2) is 17.7 Å². The van der Waals surface area contributed by atoms with Crippen molar-refractivity contribution in [3.05, 3.63) is 29.8 Å². The molecule has 1 unspecified atom stereocenters. The van der Waals surface area contributed by atoms with Crippen LogP contribution in [0.4, 0.5) is 0 Å². The SMILES string of the molecule is CC(Oc1ccc(CN)cc1)C(=O)OC(C)(C)C. The molecule has 1 aromatic rings. The first-order chi connectivity index (χ1) is 8.31. The molecule has 1 aromatic carbocycles. The van der Waals surface area contributed by atoms with E-state index in [1.807, 2.05) is 32.9 Å². The smallest absolute Gasteiger partial charge is 0.347 e. The molecule has 2 N–H and O–H groups in total. The van der Waals surface area contributed by atoms with Crippen molar-refractivity contribution in [1.82, 2.24) is 0 Å². The molecule has 0 saturated heterocycles. The Labute approximate surface area is 108 Å². The molecule has 0 fully saturated rings. The van der Waals surface area contributed by atoms with E-state index in [2.05, 4.69) is 0 Å². The summed E-state index contributed by atoms with van der Waals surface area (Å²) in [6, 6.07) is 7.33. The van der Waals surface area contributed by atoms with Gasteiger partial charge < -0.3 is 15.2 Å². The van der Waals surface area contributed by atoms with Crippen molar-refractivity contribution < 1.29 is 14.3 Å². The summed E-state index contributed by atoms with van der Waals surface area (Å²) in [6.07, 6.45) is -0.632. The van der Waals surface area contributed by atoms with E-state index >= 15 is 0 Å². The third-order valence-electron chi connectivity index (χ3n) is 2.21. The van der Waals surface area contributed by atoms with Crippen LogP contribution in [0.3, 0.4) is 0 Å². The summed E-state index contributed by atoms with van der Waals surface area (Å²) in [6.45, 7) is 7.64. The van der Waals surface area contributed by atoms with Gasteiger partial charge in [0.15, 0.2) is 6.10 Å². The van der Waals surface area contributed by atoms with Crippen LogP contribution in [0, 0.1) is 0 Å². The lowest BCUT2D eigenvalue weighted by Crippen LogP contribution is -2.33. The first kappa shape index (κ1) is 14.5. The van der Waals surface area contributed by atoms with Crippen molar-refractivity contribution in [2.24, 2.45) is 5.73 Å². The summed E-state index contributed by atoms with van der Waals surface area (Å²) in [5.74, 6) is 0.260. The number of nitrogens with two attached hydrogens (primary N) is 1. The number of hydrogen-bond acceptors (Lipinski definition) is 4. The molecule has 0 amide bonds. The highest BCUT2D eigenvalue weighted by atomic mass is 16.6. The zero-order chi connectivity index (χ0) is 13.8. The van der Waals surface area contributed by atoms with Gasteiger partial charge in [0.05, 0.1) is 0 Å². The molecule has 0 spiro atoms. The average molecular weight is 251 g/mol. The maximum atomic E-state index is 11.7. The molecule has 0 aliphatic rings. The summed E-state index contributed by atoms with van der Waals surface area (Å²) in [5.41, 5.74) is 6.02. The van der Waals surface area contributed by atoms with Crippen LogP contribution in [0.2, 0.25) is 0 Å². The third-order valence-corrected chi connectivity index (χ3v) is 2.21. The number of benzene rings is 1. The van der Waals surface area contributed by atoms with Crippen LogP contribution < -0.4 is 10.5 Å². The Balaban J connectivity index is 2.58. The molecular formula is C14H21NO3. The van der Waals surface area contributed by atoms with Crippen LogP contribution in [0.25, 0.3) is 0 Å². The highest BCUT2D eigenvalue weighted by Crippen LogP contribution is 2.15. The first-order valence-corrected chi connectivity index (χ1v) is 6.00. The van der Waals surface area contributed by atoms with Gasteiger partial charge in [0.25, 0.3) is 0 Å². The normalized spacial score (nSPS) is 12.9. The van der Waals surface area contributed by atoms with Crippen molar-refractivity contribution in [3.63, 3.8) is 0 Å². The van der Waals surface area contributed by atoms with E-state index < -0.39 is 11.7 Å². The standard InChI is InChI=1S/C14H21NO3/c1-10(13(16)18-14(2,3)4)17-12-7-5-11(9-15)6-8-12/h5-8,10H,9,15H2,1-4H3. The molecule has 0 aliphatic carbocycles. The average Bonchev–Trinajstić information content (AvgIpc) is 2.27. The van der Waals surface area contributed by atoms with E-state index in [9.17, 15) is 4.79 Å². The van der Waals surface area contributed by atoms with Crippen molar-refractivity contribution in [2.75, 3.05) is 0 Å². The molecule has 0 aliphatic heterocycles. The molecule has 0 heterocycles. The summed E-state index contributed by atoms with van der Waals surface area (Å²) < 4.78 is 10.7. The molecule has 0 saturated carbocycles. The molecule has 18 heavy (non-hydrogen) atoms. The Kier molecular flexibility index (Phi) is 4.73. The third kappa shape index (κ3) is 4.75. The van der Waals surface area contributed by atoms with E-state index in [0.29, 0.717) is 12.3 Å². The number of ether oxygens (including phenoxy) is 2. The minimum atomic E-state index is -0.632. The minimum Gasteiger partial charge on any atom is -0.479 e. The van der Waals surface area contributed by atoms with Gasteiger partial charge >= 0.3 is 5.97 Å². The lowest BCUT2D eigenvalue weighted by atomic mass is 10.2. The predicted octanol–water partition coefficient (Wildman–Crippen LogP) is 2.25. The van der Waals surface area contributed by atoms with Gasteiger partial charge in [-0.15, -0.1) is 0 Å². The van der Waals surface area contributed by atoms with Crippen LogP contribution in [0.15, 0.2) is 24.3 Å². The summed E-state index contributed by atoms with van der Waals surface area (Å²) in [5, 5.41) is 0. The fourth-order valence-corrected chi connectivity index (χ4v) is 1.34. The lowest BCUT2D eigenvalue weighted by molar-refractivity contribution is -0.162. The number of carbonyl (C=O) groups is 1. The zero-order valence-corrected chi connectivity index (χ0v) is 11.4. The molecule has 4 nitrogen and oxygen atoms in total. The van der Waals surface area contributed by atoms with Gasteiger partial charge in [0.1, 0.15) is 11.4 Å². The van der Waals surface area contributed by atoms with Crippen molar-refractivity contribution in [3.8, 4) is 5.75 Å². The van der Waals surface area contributed by atoms with Crippen molar-refractivity contribution in [1.29, 1.82) is 0 Å². The summed E-state index contributed by atoms with van der Waals surface area (Å²) in [7, 11) is 0. The molecule has 4 heteroatoms. The van der Waals surface area contributed by atoms with E-state index in [0.717, 1.165) is 5.56 Å². The topological polar surface area (TPSA) is 61.5 Å². The van der Waals surface area contributed by atoms with Crippen LogP contribution in [0.1, 0.15) is 33.3 Å². The van der Waals surface area contributed by atoms with E-state index in [-0.39, 0.29) is 5.97 Å². The van der Waals surface area contributed by atoms with Crippen LogP contribution >= 0.6 is 0 Å². The van der Waals surface area contributed by atoms with Crippen molar-refractivity contribution >= 4 is 5.97 Å². The van der Waals surface area contributed by atoms with Gasteiger partial charge in [0.2, 0.25) is 0 Å². The Morgan fingerprint density at radius 1 is 1.28 bits per heavy atom. The Morgan fingerprint density at radius 3 is 2.28 bits per heavy atom. The van der Waals surface area contributed by atoms with Crippen LogP contribution in [0.5, 0.6) is 5.75 Å². The second-order valence-electron chi connectivity index (χ2n) is 5.14. The Morgan fingerprint density at radius 2 is 1.83 bits per heavy atom. The number of carbonyl (C=O) groups excluding carboxylic acids is 1. The molecule has 1 rings (SSSR count). The lowest BCUT2D eigenvalue weighted by Gasteiger charge is -2.22. The second-order valence-corrected chi connectivity index (χ2v) is 5.14. The van der Waals surface area contributed by atoms with E-state index in [1.54, 1.807) is 19.1 Å². The fraction of sp³-hybridized carbons (Fsp3) is 0.500.